The van der Waals surface area contributed by atoms with Crippen LogP contribution in [0.15, 0.2) is 77.1 Å². The van der Waals surface area contributed by atoms with Crippen molar-refractivity contribution in [1.82, 2.24) is 5.32 Å². The standard InChI is InChI=1S/C25H23N3O6/c1-15-21(24(29)30)23(19-9-6-10-20(12-19)28(32)33)22(16(2)27-15)25(31)34-14-18(13-26)11-17-7-4-3-5-8-17/h3-10,12,18,23,27H,11,14H2,1-2H3,(H,29,30). The molecular weight excluding hydrogens is 438 g/mol. The van der Waals surface area contributed by atoms with E-state index in [-0.39, 0.29) is 29.0 Å². The summed E-state index contributed by atoms with van der Waals surface area (Å²) in [7, 11) is 0. The number of nitrogens with one attached hydrogen (secondary N) is 1. The summed E-state index contributed by atoms with van der Waals surface area (Å²) in [5.41, 5.74) is 1.58. The fourth-order valence-corrected chi connectivity index (χ4v) is 3.99. The molecule has 0 amide bonds. The van der Waals surface area contributed by atoms with Gasteiger partial charge in [0.1, 0.15) is 6.61 Å². The lowest BCUT2D eigenvalue weighted by molar-refractivity contribution is -0.384. The molecule has 2 aromatic carbocycles. The fraction of sp³-hybridized carbons (Fsp3) is 0.240. The summed E-state index contributed by atoms with van der Waals surface area (Å²) in [6.07, 6.45) is 0.384. The van der Waals surface area contributed by atoms with Crippen LogP contribution in [0.4, 0.5) is 5.69 Å². The van der Waals surface area contributed by atoms with Crippen molar-refractivity contribution in [2.75, 3.05) is 6.61 Å². The largest absolute Gasteiger partial charge is 0.478 e. The molecule has 174 valence electrons. The quantitative estimate of drug-likeness (QED) is 0.343. The zero-order valence-corrected chi connectivity index (χ0v) is 18.6. The van der Waals surface area contributed by atoms with Gasteiger partial charge in [0.2, 0.25) is 0 Å². The van der Waals surface area contributed by atoms with Crippen LogP contribution >= 0.6 is 0 Å². The Balaban J connectivity index is 1.92. The number of carboxylic acid groups (broad SMARTS) is 1. The van der Waals surface area contributed by atoms with Gasteiger partial charge >= 0.3 is 11.9 Å². The first-order valence-corrected chi connectivity index (χ1v) is 10.5. The predicted molar refractivity (Wildman–Crippen MR) is 122 cm³/mol. The third-order valence-corrected chi connectivity index (χ3v) is 5.55. The topological polar surface area (TPSA) is 143 Å². The molecule has 0 aliphatic carbocycles. The van der Waals surface area contributed by atoms with Gasteiger partial charge in [-0.25, -0.2) is 9.59 Å². The summed E-state index contributed by atoms with van der Waals surface area (Å²) in [5.74, 6) is -3.74. The molecule has 2 unspecified atom stereocenters. The van der Waals surface area contributed by atoms with Crippen LogP contribution in [0.2, 0.25) is 0 Å². The highest BCUT2D eigenvalue weighted by Crippen LogP contribution is 2.39. The van der Waals surface area contributed by atoms with Crippen LogP contribution in [-0.2, 0) is 20.7 Å². The van der Waals surface area contributed by atoms with E-state index in [2.05, 4.69) is 11.4 Å². The number of hydrogen-bond donors (Lipinski definition) is 2. The number of dihydropyridines is 1. The smallest absolute Gasteiger partial charge is 0.336 e. The van der Waals surface area contributed by atoms with Crippen molar-refractivity contribution in [1.29, 1.82) is 5.26 Å². The second-order valence-corrected chi connectivity index (χ2v) is 7.91. The number of nitrogens with zero attached hydrogens (tertiary/aromatic N) is 2. The number of aliphatic carboxylic acids is 1. The van der Waals surface area contributed by atoms with Crippen molar-refractivity contribution in [3.05, 3.63) is 98.4 Å². The van der Waals surface area contributed by atoms with Gasteiger partial charge in [0.15, 0.2) is 0 Å². The Kier molecular flexibility index (Phi) is 7.43. The number of nitro benzene ring substituents is 1. The molecule has 0 spiro atoms. The van der Waals surface area contributed by atoms with E-state index < -0.39 is 28.7 Å². The Bertz CT molecular complexity index is 1230. The van der Waals surface area contributed by atoms with E-state index in [9.17, 15) is 30.1 Å². The van der Waals surface area contributed by atoms with Gasteiger partial charge in [-0.15, -0.1) is 0 Å². The maximum absolute atomic E-state index is 13.2. The van der Waals surface area contributed by atoms with Crippen molar-refractivity contribution >= 4 is 17.6 Å². The van der Waals surface area contributed by atoms with E-state index in [1.807, 2.05) is 30.3 Å². The monoisotopic (exact) mass is 461 g/mol. The molecule has 0 saturated carbocycles. The minimum atomic E-state index is -1.27. The van der Waals surface area contributed by atoms with Gasteiger partial charge in [0, 0.05) is 23.5 Å². The molecule has 0 aromatic heterocycles. The number of esters is 1. The van der Waals surface area contributed by atoms with Crippen LogP contribution in [0.5, 0.6) is 0 Å². The summed E-state index contributed by atoms with van der Waals surface area (Å²) in [4.78, 5) is 36.0. The van der Waals surface area contributed by atoms with E-state index in [1.54, 1.807) is 13.8 Å². The molecule has 1 aliphatic rings. The number of nitriles is 1. The summed E-state index contributed by atoms with van der Waals surface area (Å²) >= 11 is 0. The first-order chi connectivity index (χ1) is 16.2. The van der Waals surface area contributed by atoms with Crippen molar-refractivity contribution in [2.24, 2.45) is 5.92 Å². The lowest BCUT2D eigenvalue weighted by Crippen LogP contribution is -2.32. The summed E-state index contributed by atoms with van der Waals surface area (Å²) in [5, 5.41) is 33.6. The summed E-state index contributed by atoms with van der Waals surface area (Å²) in [6.45, 7) is 2.98. The number of rotatable bonds is 8. The average Bonchev–Trinajstić information content (AvgIpc) is 2.81. The molecule has 2 aromatic rings. The van der Waals surface area contributed by atoms with Crippen LogP contribution in [0, 0.1) is 27.4 Å². The average molecular weight is 461 g/mol. The molecule has 0 fully saturated rings. The number of allylic oxidation sites excluding steroid dienone is 2. The van der Waals surface area contributed by atoms with Crippen molar-refractivity contribution < 1.29 is 24.4 Å². The second kappa shape index (κ2) is 10.4. The van der Waals surface area contributed by atoms with Crippen molar-refractivity contribution in [3.8, 4) is 6.07 Å². The van der Waals surface area contributed by atoms with E-state index in [1.165, 1.54) is 24.3 Å². The molecule has 3 rings (SSSR count). The SMILES string of the molecule is CC1=C(C(=O)O)C(c2cccc([N+](=O)[O-])c2)C(C(=O)OCC(C#N)Cc2ccccc2)=C(C)N1. The van der Waals surface area contributed by atoms with E-state index in [0.29, 0.717) is 17.8 Å². The number of non-ortho nitro benzene ring substituents is 1. The van der Waals surface area contributed by atoms with Gasteiger partial charge < -0.3 is 15.2 Å². The van der Waals surface area contributed by atoms with Crippen LogP contribution in [0.25, 0.3) is 0 Å². The summed E-state index contributed by atoms with van der Waals surface area (Å²) in [6, 6.07) is 16.9. The molecule has 0 saturated heterocycles. The lowest BCUT2D eigenvalue weighted by atomic mass is 9.80. The number of carbonyl (C=O) groups excluding carboxylic acids is 1. The Morgan fingerprint density at radius 1 is 1.15 bits per heavy atom. The number of nitro groups is 1. The molecule has 1 heterocycles. The lowest BCUT2D eigenvalue weighted by Gasteiger charge is -2.29. The zero-order valence-electron chi connectivity index (χ0n) is 18.6. The molecular formula is C25H23N3O6. The Hall–Kier alpha value is -4.45. The van der Waals surface area contributed by atoms with Gasteiger partial charge in [-0.2, -0.15) is 5.26 Å². The van der Waals surface area contributed by atoms with E-state index >= 15 is 0 Å². The van der Waals surface area contributed by atoms with Crippen LogP contribution in [0.3, 0.4) is 0 Å². The maximum atomic E-state index is 13.2. The minimum absolute atomic E-state index is 0.0277. The molecule has 9 heteroatoms. The molecule has 2 atom stereocenters. The highest BCUT2D eigenvalue weighted by atomic mass is 16.6. The Morgan fingerprint density at radius 3 is 2.44 bits per heavy atom. The summed E-state index contributed by atoms with van der Waals surface area (Å²) < 4.78 is 5.46. The number of carbonyl (C=O) groups is 2. The van der Waals surface area contributed by atoms with Crippen molar-refractivity contribution in [3.63, 3.8) is 0 Å². The predicted octanol–water partition coefficient (Wildman–Crippen LogP) is 3.84. The first kappa shape index (κ1) is 24.2. The molecule has 2 N–H and O–H groups in total. The molecule has 34 heavy (non-hydrogen) atoms. The molecule has 0 bridgehead atoms. The molecule has 1 aliphatic heterocycles. The van der Waals surface area contributed by atoms with Gasteiger partial charge in [-0.3, -0.25) is 10.1 Å². The maximum Gasteiger partial charge on any atom is 0.336 e. The van der Waals surface area contributed by atoms with E-state index in [4.69, 9.17) is 4.74 Å². The molecule has 9 nitrogen and oxygen atoms in total. The van der Waals surface area contributed by atoms with Gasteiger partial charge in [0.25, 0.3) is 5.69 Å². The number of hydrogen-bond acceptors (Lipinski definition) is 7. The van der Waals surface area contributed by atoms with Gasteiger partial charge in [-0.1, -0.05) is 42.5 Å². The van der Waals surface area contributed by atoms with Gasteiger partial charge in [0.05, 0.1) is 34.0 Å². The van der Waals surface area contributed by atoms with Crippen LogP contribution < -0.4 is 5.32 Å². The highest BCUT2D eigenvalue weighted by Gasteiger charge is 2.38. The Morgan fingerprint density at radius 2 is 1.82 bits per heavy atom. The second-order valence-electron chi connectivity index (χ2n) is 7.91. The third kappa shape index (κ3) is 5.30. The minimum Gasteiger partial charge on any atom is -0.478 e. The van der Waals surface area contributed by atoms with Gasteiger partial charge in [-0.05, 0) is 31.4 Å². The van der Waals surface area contributed by atoms with Crippen molar-refractivity contribution in [2.45, 2.75) is 26.2 Å². The number of ether oxygens (including phenoxy) is 1. The fourth-order valence-electron chi connectivity index (χ4n) is 3.99. The Labute approximate surface area is 196 Å². The van der Waals surface area contributed by atoms with Crippen LogP contribution in [0.1, 0.15) is 30.9 Å². The zero-order chi connectivity index (χ0) is 24.8. The normalized spacial score (nSPS) is 16.3. The van der Waals surface area contributed by atoms with Crippen LogP contribution in [-0.4, -0.2) is 28.6 Å². The highest BCUT2D eigenvalue weighted by molar-refractivity contribution is 5.99. The van der Waals surface area contributed by atoms with E-state index in [0.717, 1.165) is 5.56 Å². The molecule has 0 radical (unpaired) electrons. The number of benzene rings is 2. The first-order valence-electron chi connectivity index (χ1n) is 10.5. The number of carboxylic acids is 1. The third-order valence-electron chi connectivity index (χ3n) is 5.55.